The maximum Gasteiger partial charge on any atom is 0.344 e. The molecule has 278 valence electrons. The van der Waals surface area contributed by atoms with E-state index in [-0.39, 0.29) is 50.4 Å². The molecule has 0 fully saturated rings. The number of benzene rings is 2. The van der Waals surface area contributed by atoms with E-state index in [1.165, 1.54) is 0 Å². The Kier molecular flexibility index (Phi) is 16.3. The van der Waals surface area contributed by atoms with Gasteiger partial charge in [0.1, 0.15) is 28.6 Å². The molecule has 0 aliphatic carbocycles. The summed E-state index contributed by atoms with van der Waals surface area (Å²) in [5.41, 5.74) is 0.921. The Labute approximate surface area is 305 Å². The summed E-state index contributed by atoms with van der Waals surface area (Å²) in [7, 11) is -3.76. The number of carbonyl (C=O) groups is 1. The van der Waals surface area contributed by atoms with E-state index in [1.54, 1.807) is 36.4 Å². The molecule has 0 aliphatic heterocycles. The van der Waals surface area contributed by atoms with Crippen molar-refractivity contribution in [1.82, 2.24) is 0 Å². The van der Waals surface area contributed by atoms with Crippen molar-refractivity contribution in [3.63, 3.8) is 0 Å². The highest BCUT2D eigenvalue weighted by Gasteiger charge is 2.23. The summed E-state index contributed by atoms with van der Waals surface area (Å²) >= 11 is 5.94. The number of carbonyl (C=O) groups excluding carboxylic acids is 1. The molecule has 50 heavy (non-hydrogen) atoms. The van der Waals surface area contributed by atoms with Gasteiger partial charge in [0.2, 0.25) is 0 Å². The van der Waals surface area contributed by atoms with Crippen molar-refractivity contribution in [1.29, 1.82) is 0 Å². The van der Waals surface area contributed by atoms with Crippen molar-refractivity contribution in [3.05, 3.63) is 52.4 Å². The van der Waals surface area contributed by atoms with Crippen LogP contribution < -0.4 is 19.8 Å². The van der Waals surface area contributed by atoms with Crippen molar-refractivity contribution in [2.45, 2.75) is 89.9 Å². The smallest absolute Gasteiger partial charge is 0.344 e. The molecule has 1 heterocycles. The van der Waals surface area contributed by atoms with Gasteiger partial charge in [0, 0.05) is 85.8 Å². The summed E-state index contributed by atoms with van der Waals surface area (Å²) in [6.07, 6.45) is 0.150. The quantitative estimate of drug-likeness (QED) is 0.0307. The van der Waals surface area contributed by atoms with Crippen molar-refractivity contribution in [2.24, 2.45) is 0 Å². The van der Waals surface area contributed by atoms with E-state index in [1.807, 2.05) is 0 Å². The van der Waals surface area contributed by atoms with Crippen molar-refractivity contribution < 1.29 is 37.6 Å². The van der Waals surface area contributed by atoms with Crippen molar-refractivity contribution in [2.75, 3.05) is 46.1 Å². The average Bonchev–Trinajstić information content (AvgIpc) is 2.99. The fourth-order valence-corrected chi connectivity index (χ4v) is 7.22. The van der Waals surface area contributed by atoms with Crippen LogP contribution in [0.25, 0.3) is 22.1 Å². The third-order valence-corrected chi connectivity index (χ3v) is 13.2. The minimum absolute atomic E-state index is 0.0144. The molecular weight excluding hydrogens is 708 g/mol. The van der Waals surface area contributed by atoms with Gasteiger partial charge in [-0.1, -0.05) is 58.9 Å². The van der Waals surface area contributed by atoms with Crippen LogP contribution in [-0.2, 0) is 25.4 Å². The van der Waals surface area contributed by atoms with E-state index in [2.05, 4.69) is 58.9 Å². The Morgan fingerprint density at radius 1 is 0.700 bits per heavy atom. The molecule has 2 aromatic carbocycles. The van der Waals surface area contributed by atoms with Gasteiger partial charge in [-0.25, -0.2) is 4.79 Å². The molecule has 0 saturated heterocycles. The summed E-state index contributed by atoms with van der Waals surface area (Å²) in [5.74, 6) is 1.45. The van der Waals surface area contributed by atoms with Crippen LogP contribution in [0.15, 0.2) is 45.6 Å². The van der Waals surface area contributed by atoms with E-state index < -0.39 is 29.8 Å². The molecule has 3 rings (SSSR count). The fraction of sp³-hybridized carbons (Fsp3) is 0.568. The Morgan fingerprint density at radius 3 is 1.72 bits per heavy atom. The van der Waals surface area contributed by atoms with Crippen LogP contribution in [-0.4, -0.2) is 76.1 Å². The fourth-order valence-electron chi connectivity index (χ4n) is 4.74. The van der Waals surface area contributed by atoms with E-state index in [9.17, 15) is 9.59 Å². The zero-order chi connectivity index (χ0) is 37.0. The number of hydrogen-bond acceptors (Lipinski definition) is 9. The molecule has 0 atom stereocenters. The number of hydrogen-bond donors (Lipinski definition) is 0. The van der Waals surface area contributed by atoms with Gasteiger partial charge in [-0.2, -0.15) is 0 Å². The van der Waals surface area contributed by atoms with Gasteiger partial charge in [-0.05, 0) is 48.0 Å². The van der Waals surface area contributed by atoms with Crippen LogP contribution >= 0.6 is 11.6 Å². The van der Waals surface area contributed by atoms with Crippen LogP contribution in [0.5, 0.6) is 17.2 Å². The molecule has 0 aliphatic rings. The number of alkyl halides is 1. The van der Waals surface area contributed by atoms with Gasteiger partial charge < -0.3 is 32.8 Å². The third-order valence-electron chi connectivity index (χ3n) is 7.86. The summed E-state index contributed by atoms with van der Waals surface area (Å²) in [5, 5.41) is 0.614. The van der Waals surface area contributed by atoms with E-state index >= 15 is 0 Å². The van der Waals surface area contributed by atoms with Crippen molar-refractivity contribution in [3.8, 4) is 28.4 Å². The molecule has 0 bridgehead atoms. The zero-order valence-electron chi connectivity index (χ0n) is 31.5. The van der Waals surface area contributed by atoms with Crippen LogP contribution in [0.2, 0.25) is 77.1 Å². The first-order valence-corrected chi connectivity index (χ1v) is 29.0. The average molecular weight is 766 g/mol. The molecule has 1 aromatic heterocycles. The minimum atomic E-state index is -1.30. The monoisotopic (exact) mass is 764 g/mol. The van der Waals surface area contributed by atoms with E-state index in [4.69, 9.17) is 44.4 Å². The zero-order valence-corrected chi connectivity index (χ0v) is 35.3. The highest BCUT2D eigenvalue weighted by molar-refractivity contribution is 6.76. The number of rotatable bonds is 23. The lowest BCUT2D eigenvalue weighted by Gasteiger charge is -2.18. The molecule has 9 nitrogen and oxygen atoms in total. The summed E-state index contributed by atoms with van der Waals surface area (Å²) in [4.78, 5) is 26.9. The third kappa shape index (κ3) is 15.0. The molecule has 0 amide bonds. The molecule has 0 N–H and O–H groups in total. The van der Waals surface area contributed by atoms with E-state index in [0.717, 1.165) is 18.1 Å². The minimum Gasteiger partial charge on any atom is -0.467 e. The molecule has 13 heteroatoms. The lowest BCUT2D eigenvalue weighted by atomic mass is 9.93. The molecule has 0 unspecified atom stereocenters. The van der Waals surface area contributed by atoms with Crippen LogP contribution in [0.3, 0.4) is 0 Å². The van der Waals surface area contributed by atoms with Gasteiger partial charge in [-0.3, -0.25) is 4.79 Å². The second-order valence-corrected chi connectivity index (χ2v) is 33.4. The second kappa shape index (κ2) is 19.4. The number of ketones is 1. The largest absolute Gasteiger partial charge is 0.467 e. The standard InChI is InChI=1S/C37H57ClO9Si3/c1-48(2,3)19-16-41-25-44-29-11-13-32(34(23-29)46-27-43-18-21-50(7,8)9)36-33(22-28(39)14-15-38)31-12-10-30(24-35(31)47-37(36)40)45-26-42-17-20-49(4,5)6/h10-13,23-24H,14-22,25-27H2,1-9H3. The molecule has 0 spiro atoms. The molecular formula is C37H57ClO9Si3. The maximum absolute atomic E-state index is 13.9. The van der Waals surface area contributed by atoms with Gasteiger partial charge in [0.15, 0.2) is 20.4 Å². The summed E-state index contributed by atoms with van der Waals surface area (Å²) in [6.45, 7) is 22.6. The Morgan fingerprint density at radius 2 is 1.20 bits per heavy atom. The first kappa shape index (κ1) is 42.0. The highest BCUT2D eigenvalue weighted by atomic mass is 35.5. The normalized spacial score (nSPS) is 12.4. The van der Waals surface area contributed by atoms with Crippen LogP contribution in [0.1, 0.15) is 12.0 Å². The number of ether oxygens (including phenoxy) is 6. The molecule has 0 saturated carbocycles. The predicted molar refractivity (Wildman–Crippen MR) is 211 cm³/mol. The Bertz CT molecular complexity index is 1590. The van der Waals surface area contributed by atoms with Gasteiger partial charge in [0.25, 0.3) is 0 Å². The second-order valence-electron chi connectivity index (χ2n) is 16.2. The topological polar surface area (TPSA) is 103 Å². The Hall–Kier alpha value is -2.46. The first-order valence-electron chi connectivity index (χ1n) is 17.4. The number of Topliss-reactive ketones (excluding diaryl/α,β-unsaturated/α-hetero) is 1. The molecule has 0 radical (unpaired) electrons. The number of halogens is 1. The van der Waals surface area contributed by atoms with Crippen molar-refractivity contribution >= 4 is 52.6 Å². The van der Waals surface area contributed by atoms with Crippen LogP contribution in [0.4, 0.5) is 0 Å². The van der Waals surface area contributed by atoms with Gasteiger partial charge >= 0.3 is 5.63 Å². The summed E-state index contributed by atoms with van der Waals surface area (Å²) in [6, 6.07) is 13.5. The SMILES string of the molecule is C[Si](C)(C)CCOCOc1ccc(-c2c(CC(=O)CCCl)c3ccc(OCOCC[Si](C)(C)C)cc3oc2=O)c(OCOCC[Si](C)(C)C)c1. The molecule has 3 aromatic rings. The van der Waals surface area contributed by atoms with Gasteiger partial charge in [-0.15, -0.1) is 11.6 Å². The van der Waals surface area contributed by atoms with Crippen LogP contribution in [0, 0.1) is 0 Å². The Balaban J connectivity index is 1.97. The summed E-state index contributed by atoms with van der Waals surface area (Å²) < 4.78 is 41.1. The highest BCUT2D eigenvalue weighted by Crippen LogP contribution is 2.37. The predicted octanol–water partition coefficient (Wildman–Crippen LogP) is 9.27. The maximum atomic E-state index is 13.9. The lowest BCUT2D eigenvalue weighted by molar-refractivity contribution is -0.118. The van der Waals surface area contributed by atoms with E-state index in [0.29, 0.717) is 59.2 Å². The van der Waals surface area contributed by atoms with Gasteiger partial charge in [0.05, 0.1) is 5.56 Å². The number of fused-ring (bicyclic) bond motifs is 1. The lowest BCUT2D eigenvalue weighted by Crippen LogP contribution is -2.22. The first-order chi connectivity index (χ1) is 23.5.